The van der Waals surface area contributed by atoms with Gasteiger partial charge in [0.2, 0.25) is 0 Å². The summed E-state index contributed by atoms with van der Waals surface area (Å²) in [5.41, 5.74) is 2.76. The van der Waals surface area contributed by atoms with Crippen LogP contribution in [0.5, 0.6) is 0 Å². The highest BCUT2D eigenvalue weighted by atomic mass is 79.9. The van der Waals surface area contributed by atoms with E-state index in [1.807, 2.05) is 25.1 Å². The Morgan fingerprint density at radius 2 is 1.64 bits per heavy atom. The molecule has 1 amide bonds. The predicted molar refractivity (Wildman–Crippen MR) is 89.4 cm³/mol. The van der Waals surface area contributed by atoms with Crippen molar-refractivity contribution < 1.29 is 14.3 Å². The standard InChI is InChI=1S/C17H16BrNO3/c1-11-10-14(18)8-9-15(11)19(2)16(20)12-4-6-13(7-5-12)17(21)22-3/h4-10H,1-3H3. The minimum atomic E-state index is -0.420. The van der Waals surface area contributed by atoms with Crippen LogP contribution in [0.1, 0.15) is 26.3 Å². The Balaban J connectivity index is 2.25. The first kappa shape index (κ1) is 16.2. The number of aryl methyl sites for hydroxylation is 1. The summed E-state index contributed by atoms with van der Waals surface area (Å²) in [7, 11) is 3.05. The molecule has 2 aromatic carbocycles. The molecule has 0 aliphatic carbocycles. The van der Waals surface area contributed by atoms with E-state index >= 15 is 0 Å². The molecule has 0 radical (unpaired) electrons. The molecule has 0 bridgehead atoms. The molecule has 0 fully saturated rings. The van der Waals surface area contributed by atoms with E-state index in [0.717, 1.165) is 15.7 Å². The largest absolute Gasteiger partial charge is 0.465 e. The minimum Gasteiger partial charge on any atom is -0.465 e. The Morgan fingerprint density at radius 3 is 2.18 bits per heavy atom. The number of benzene rings is 2. The number of anilines is 1. The number of esters is 1. The lowest BCUT2D eigenvalue weighted by atomic mass is 10.1. The zero-order valence-electron chi connectivity index (χ0n) is 12.6. The van der Waals surface area contributed by atoms with E-state index in [-0.39, 0.29) is 5.91 Å². The fraction of sp³-hybridized carbons (Fsp3) is 0.176. The molecule has 0 atom stereocenters. The SMILES string of the molecule is COC(=O)c1ccc(C(=O)N(C)c2ccc(Br)cc2C)cc1. The van der Waals surface area contributed by atoms with Crippen LogP contribution in [0.3, 0.4) is 0 Å². The molecule has 0 saturated carbocycles. The lowest BCUT2D eigenvalue weighted by Gasteiger charge is -2.20. The number of hydrogen-bond acceptors (Lipinski definition) is 3. The number of amides is 1. The average molecular weight is 362 g/mol. The van der Waals surface area contributed by atoms with Crippen molar-refractivity contribution in [1.82, 2.24) is 0 Å². The topological polar surface area (TPSA) is 46.6 Å². The second-order valence-electron chi connectivity index (χ2n) is 4.86. The Kier molecular flexibility index (Phi) is 4.98. The summed E-state index contributed by atoms with van der Waals surface area (Å²) in [6.45, 7) is 1.95. The Morgan fingerprint density at radius 1 is 1.05 bits per heavy atom. The molecule has 0 saturated heterocycles. The summed E-state index contributed by atoms with van der Waals surface area (Å²) < 4.78 is 5.61. The highest BCUT2D eigenvalue weighted by Gasteiger charge is 2.16. The molecule has 5 heteroatoms. The highest BCUT2D eigenvalue weighted by Crippen LogP contribution is 2.24. The van der Waals surface area contributed by atoms with Crippen molar-refractivity contribution in [2.75, 3.05) is 19.1 Å². The van der Waals surface area contributed by atoms with Crippen LogP contribution in [0.25, 0.3) is 0 Å². The van der Waals surface area contributed by atoms with E-state index in [4.69, 9.17) is 0 Å². The van der Waals surface area contributed by atoms with E-state index in [1.165, 1.54) is 7.11 Å². The van der Waals surface area contributed by atoms with Crippen molar-refractivity contribution in [1.29, 1.82) is 0 Å². The summed E-state index contributed by atoms with van der Waals surface area (Å²) in [6, 6.07) is 12.2. The first-order chi connectivity index (χ1) is 10.4. The van der Waals surface area contributed by atoms with Gasteiger partial charge in [-0.25, -0.2) is 4.79 Å². The first-order valence-corrected chi connectivity index (χ1v) is 7.46. The van der Waals surface area contributed by atoms with Gasteiger partial charge in [-0.05, 0) is 55.0 Å². The van der Waals surface area contributed by atoms with Crippen LogP contribution in [0.4, 0.5) is 5.69 Å². The third-order valence-corrected chi connectivity index (χ3v) is 3.87. The van der Waals surface area contributed by atoms with Gasteiger partial charge < -0.3 is 9.64 Å². The van der Waals surface area contributed by atoms with Gasteiger partial charge in [-0.3, -0.25) is 4.79 Å². The molecule has 2 rings (SSSR count). The number of ether oxygens (including phenoxy) is 1. The van der Waals surface area contributed by atoms with Crippen LogP contribution in [-0.2, 0) is 4.74 Å². The van der Waals surface area contributed by atoms with Gasteiger partial charge in [-0.15, -0.1) is 0 Å². The van der Waals surface area contributed by atoms with Gasteiger partial charge in [0.25, 0.3) is 5.91 Å². The minimum absolute atomic E-state index is 0.137. The quantitative estimate of drug-likeness (QED) is 0.780. The number of methoxy groups -OCH3 is 1. The molecule has 0 aliphatic rings. The number of rotatable bonds is 3. The molecule has 0 aliphatic heterocycles. The summed E-state index contributed by atoms with van der Waals surface area (Å²) in [5.74, 6) is -0.557. The summed E-state index contributed by atoms with van der Waals surface area (Å²) in [5, 5.41) is 0. The average Bonchev–Trinajstić information content (AvgIpc) is 2.53. The maximum Gasteiger partial charge on any atom is 0.337 e. The van der Waals surface area contributed by atoms with Gasteiger partial charge in [-0.2, -0.15) is 0 Å². The van der Waals surface area contributed by atoms with Crippen LogP contribution < -0.4 is 4.90 Å². The molecule has 0 aromatic heterocycles. The zero-order chi connectivity index (χ0) is 16.3. The van der Waals surface area contributed by atoms with Crippen molar-refractivity contribution >= 4 is 33.5 Å². The van der Waals surface area contributed by atoms with E-state index in [0.29, 0.717) is 11.1 Å². The van der Waals surface area contributed by atoms with Gasteiger partial charge in [0.1, 0.15) is 0 Å². The fourth-order valence-corrected chi connectivity index (χ4v) is 2.64. The molecule has 114 valence electrons. The molecule has 0 heterocycles. The second kappa shape index (κ2) is 6.75. The number of halogens is 1. The van der Waals surface area contributed by atoms with Gasteiger partial charge in [-0.1, -0.05) is 15.9 Å². The van der Waals surface area contributed by atoms with E-state index < -0.39 is 5.97 Å². The van der Waals surface area contributed by atoms with Crippen LogP contribution >= 0.6 is 15.9 Å². The molecular formula is C17H16BrNO3. The third kappa shape index (κ3) is 3.36. The van der Waals surface area contributed by atoms with Crippen LogP contribution in [0, 0.1) is 6.92 Å². The summed E-state index contributed by atoms with van der Waals surface area (Å²) in [4.78, 5) is 25.5. The van der Waals surface area contributed by atoms with Crippen molar-refractivity contribution in [2.45, 2.75) is 6.92 Å². The van der Waals surface area contributed by atoms with E-state index in [2.05, 4.69) is 20.7 Å². The van der Waals surface area contributed by atoms with Crippen LogP contribution in [0.2, 0.25) is 0 Å². The summed E-state index contributed by atoms with van der Waals surface area (Å²) >= 11 is 3.41. The molecule has 0 spiro atoms. The van der Waals surface area contributed by atoms with Crippen LogP contribution in [-0.4, -0.2) is 26.0 Å². The number of carbonyl (C=O) groups is 2. The van der Waals surface area contributed by atoms with E-state index in [9.17, 15) is 9.59 Å². The Bertz CT molecular complexity index is 710. The van der Waals surface area contributed by atoms with E-state index in [1.54, 1.807) is 36.2 Å². The highest BCUT2D eigenvalue weighted by molar-refractivity contribution is 9.10. The molecule has 4 nitrogen and oxygen atoms in total. The van der Waals surface area contributed by atoms with Crippen molar-refractivity contribution in [3.63, 3.8) is 0 Å². The molecule has 2 aromatic rings. The fourth-order valence-electron chi connectivity index (χ4n) is 2.16. The molecular weight excluding hydrogens is 346 g/mol. The van der Waals surface area contributed by atoms with Crippen molar-refractivity contribution in [2.24, 2.45) is 0 Å². The monoisotopic (exact) mass is 361 g/mol. The maximum absolute atomic E-state index is 12.5. The summed E-state index contributed by atoms with van der Waals surface area (Å²) in [6.07, 6.45) is 0. The number of nitrogens with zero attached hydrogens (tertiary/aromatic N) is 1. The Hall–Kier alpha value is -2.14. The van der Waals surface area contributed by atoms with Crippen molar-refractivity contribution in [3.8, 4) is 0 Å². The maximum atomic E-state index is 12.5. The molecule has 0 N–H and O–H groups in total. The lowest BCUT2D eigenvalue weighted by molar-refractivity contribution is 0.0600. The first-order valence-electron chi connectivity index (χ1n) is 6.66. The number of hydrogen-bond donors (Lipinski definition) is 0. The smallest absolute Gasteiger partial charge is 0.337 e. The predicted octanol–water partition coefficient (Wildman–Crippen LogP) is 3.82. The van der Waals surface area contributed by atoms with Gasteiger partial charge in [0.05, 0.1) is 12.7 Å². The third-order valence-electron chi connectivity index (χ3n) is 3.38. The van der Waals surface area contributed by atoms with Gasteiger partial charge in [0.15, 0.2) is 0 Å². The van der Waals surface area contributed by atoms with Crippen LogP contribution in [0.15, 0.2) is 46.9 Å². The zero-order valence-corrected chi connectivity index (χ0v) is 14.2. The molecule has 0 unspecified atom stereocenters. The second-order valence-corrected chi connectivity index (χ2v) is 5.78. The molecule has 22 heavy (non-hydrogen) atoms. The lowest BCUT2D eigenvalue weighted by Crippen LogP contribution is -2.26. The van der Waals surface area contributed by atoms with Crippen molar-refractivity contribution in [3.05, 3.63) is 63.6 Å². The normalized spacial score (nSPS) is 10.2. The van der Waals surface area contributed by atoms with Gasteiger partial charge >= 0.3 is 5.97 Å². The van der Waals surface area contributed by atoms with Gasteiger partial charge in [0, 0.05) is 22.8 Å². The Labute approximate surface area is 137 Å². The number of carbonyl (C=O) groups excluding carboxylic acids is 2.